The molecule has 27 heavy (non-hydrogen) atoms. The van der Waals surface area contributed by atoms with E-state index < -0.39 is 0 Å². The molecule has 2 fully saturated rings. The normalized spacial score (nSPS) is 21.3. The number of aliphatic imine (C=N–C) groups is 1. The molecule has 1 saturated carbocycles. The number of rotatable bonds is 6. The number of hydrogen-bond acceptors (Lipinski definition) is 3. The highest BCUT2D eigenvalue weighted by Crippen LogP contribution is 2.25. The van der Waals surface area contributed by atoms with Gasteiger partial charge in [-0.15, -0.1) is 24.0 Å². The predicted octanol–water partition coefficient (Wildman–Crippen LogP) is 2.82. The molecule has 2 N–H and O–H groups in total. The molecule has 1 aliphatic carbocycles. The van der Waals surface area contributed by atoms with Gasteiger partial charge in [0.1, 0.15) is 6.54 Å². The number of carbonyl (C=O) groups is 1. The molecule has 0 aromatic heterocycles. The average Bonchev–Trinajstić information content (AvgIpc) is 2.66. The molecule has 6 nitrogen and oxygen atoms in total. The zero-order chi connectivity index (χ0) is 18.9. The van der Waals surface area contributed by atoms with Crippen LogP contribution in [0.25, 0.3) is 0 Å². The van der Waals surface area contributed by atoms with Crippen molar-refractivity contribution in [2.45, 2.75) is 83.3 Å². The summed E-state index contributed by atoms with van der Waals surface area (Å²) in [6.07, 6.45) is 10.3. The van der Waals surface area contributed by atoms with Crippen molar-refractivity contribution in [1.29, 1.82) is 0 Å². The van der Waals surface area contributed by atoms with Gasteiger partial charge in [0.05, 0.1) is 0 Å². The number of hydrogen-bond donors (Lipinski definition) is 2. The fraction of sp³-hybridized carbons (Fsp3) is 0.900. The molecule has 1 unspecified atom stereocenters. The average molecular weight is 493 g/mol. The summed E-state index contributed by atoms with van der Waals surface area (Å²) in [5.41, 5.74) is 0. The standard InChI is InChI=1S/C20H39N5O.HI/c1-5-16(2)22-20(21-15-19(26)24(3)4)23-17-11-13-25(14-12-17)18-9-7-6-8-10-18;/h16-18H,5-15H2,1-4H3,(H2,21,22,23);1H. The molecule has 7 heteroatoms. The van der Waals surface area contributed by atoms with Crippen LogP contribution in [-0.2, 0) is 4.79 Å². The first kappa shape index (κ1) is 24.5. The summed E-state index contributed by atoms with van der Waals surface area (Å²) in [7, 11) is 3.54. The quantitative estimate of drug-likeness (QED) is 0.340. The molecule has 0 aromatic carbocycles. The van der Waals surface area contributed by atoms with Crippen LogP contribution in [0.5, 0.6) is 0 Å². The van der Waals surface area contributed by atoms with Gasteiger partial charge in [-0.05, 0) is 39.0 Å². The summed E-state index contributed by atoms with van der Waals surface area (Å²) in [6.45, 7) is 6.85. The van der Waals surface area contributed by atoms with E-state index in [1.165, 1.54) is 45.2 Å². The van der Waals surface area contributed by atoms with Crippen molar-refractivity contribution >= 4 is 35.8 Å². The number of piperidine rings is 1. The Morgan fingerprint density at radius 1 is 1.15 bits per heavy atom. The lowest BCUT2D eigenvalue weighted by Crippen LogP contribution is -2.52. The fourth-order valence-corrected chi connectivity index (χ4v) is 3.80. The Labute approximate surface area is 182 Å². The number of likely N-dealkylation sites (tertiary alicyclic amines) is 1. The zero-order valence-electron chi connectivity index (χ0n) is 17.7. The van der Waals surface area contributed by atoms with Gasteiger partial charge in [0.25, 0.3) is 0 Å². The lowest BCUT2D eigenvalue weighted by Gasteiger charge is -2.39. The number of nitrogens with one attached hydrogen (secondary N) is 2. The van der Waals surface area contributed by atoms with E-state index in [2.05, 4.69) is 34.4 Å². The lowest BCUT2D eigenvalue weighted by molar-refractivity contribution is -0.127. The van der Waals surface area contributed by atoms with Gasteiger partial charge in [0.15, 0.2) is 5.96 Å². The van der Waals surface area contributed by atoms with Crippen LogP contribution in [0, 0.1) is 0 Å². The molecule has 1 atom stereocenters. The van der Waals surface area contributed by atoms with Crippen molar-refractivity contribution in [1.82, 2.24) is 20.4 Å². The van der Waals surface area contributed by atoms with Gasteiger partial charge in [-0.25, -0.2) is 4.99 Å². The van der Waals surface area contributed by atoms with E-state index in [4.69, 9.17) is 0 Å². The first-order valence-electron chi connectivity index (χ1n) is 10.5. The van der Waals surface area contributed by atoms with Crippen LogP contribution < -0.4 is 10.6 Å². The maximum atomic E-state index is 11.9. The van der Waals surface area contributed by atoms with E-state index in [1.54, 1.807) is 19.0 Å². The fourth-order valence-electron chi connectivity index (χ4n) is 3.80. The molecule has 1 saturated heterocycles. The summed E-state index contributed by atoms with van der Waals surface area (Å²) < 4.78 is 0. The van der Waals surface area contributed by atoms with Crippen LogP contribution in [0.2, 0.25) is 0 Å². The molecule has 2 rings (SSSR count). The van der Waals surface area contributed by atoms with Crippen LogP contribution in [0.15, 0.2) is 4.99 Å². The second kappa shape index (κ2) is 12.8. The van der Waals surface area contributed by atoms with E-state index in [0.29, 0.717) is 12.1 Å². The first-order chi connectivity index (χ1) is 12.5. The van der Waals surface area contributed by atoms with Gasteiger partial charge >= 0.3 is 0 Å². The summed E-state index contributed by atoms with van der Waals surface area (Å²) >= 11 is 0. The van der Waals surface area contributed by atoms with Gasteiger partial charge < -0.3 is 20.4 Å². The third-order valence-corrected chi connectivity index (χ3v) is 5.83. The molecular weight excluding hydrogens is 453 g/mol. The molecule has 0 aromatic rings. The van der Waals surface area contributed by atoms with Gasteiger partial charge in [0, 0.05) is 45.3 Å². The van der Waals surface area contributed by atoms with Crippen molar-refractivity contribution in [2.24, 2.45) is 4.99 Å². The summed E-state index contributed by atoms with van der Waals surface area (Å²) in [5.74, 6) is 0.813. The minimum atomic E-state index is 0. The highest BCUT2D eigenvalue weighted by atomic mass is 127. The van der Waals surface area contributed by atoms with Crippen LogP contribution in [-0.4, -0.2) is 73.5 Å². The third kappa shape index (κ3) is 8.54. The van der Waals surface area contributed by atoms with E-state index >= 15 is 0 Å². The van der Waals surface area contributed by atoms with E-state index in [-0.39, 0.29) is 36.4 Å². The Balaban J connectivity index is 0.00000364. The predicted molar refractivity (Wildman–Crippen MR) is 124 cm³/mol. The summed E-state index contributed by atoms with van der Waals surface area (Å²) in [4.78, 5) is 20.7. The Bertz CT molecular complexity index is 457. The highest BCUT2D eigenvalue weighted by molar-refractivity contribution is 14.0. The van der Waals surface area contributed by atoms with Crippen molar-refractivity contribution in [3.63, 3.8) is 0 Å². The monoisotopic (exact) mass is 493 g/mol. The van der Waals surface area contributed by atoms with Crippen LogP contribution in [0.3, 0.4) is 0 Å². The topological polar surface area (TPSA) is 60.0 Å². The number of halogens is 1. The summed E-state index contributed by atoms with van der Waals surface area (Å²) in [6, 6.07) is 1.60. The van der Waals surface area contributed by atoms with Crippen molar-refractivity contribution < 1.29 is 4.79 Å². The second-order valence-electron chi connectivity index (χ2n) is 8.15. The van der Waals surface area contributed by atoms with E-state index in [9.17, 15) is 4.79 Å². The van der Waals surface area contributed by atoms with Gasteiger partial charge in [-0.1, -0.05) is 26.2 Å². The van der Waals surface area contributed by atoms with Gasteiger partial charge in [0.2, 0.25) is 5.91 Å². The molecule has 1 heterocycles. The number of likely N-dealkylation sites (N-methyl/N-ethyl adjacent to an activating group) is 1. The van der Waals surface area contributed by atoms with Crippen LogP contribution in [0.1, 0.15) is 65.2 Å². The van der Waals surface area contributed by atoms with E-state index in [1.807, 2.05) is 0 Å². The van der Waals surface area contributed by atoms with E-state index in [0.717, 1.165) is 31.3 Å². The highest BCUT2D eigenvalue weighted by Gasteiger charge is 2.26. The molecule has 0 bridgehead atoms. The number of guanidine groups is 1. The largest absolute Gasteiger partial charge is 0.354 e. The molecule has 1 amide bonds. The van der Waals surface area contributed by atoms with Crippen molar-refractivity contribution in [2.75, 3.05) is 33.7 Å². The van der Waals surface area contributed by atoms with Crippen molar-refractivity contribution in [3.05, 3.63) is 0 Å². The first-order valence-corrected chi connectivity index (χ1v) is 10.5. The minimum Gasteiger partial charge on any atom is -0.354 e. The molecule has 0 radical (unpaired) electrons. The molecule has 158 valence electrons. The Morgan fingerprint density at radius 2 is 1.78 bits per heavy atom. The van der Waals surface area contributed by atoms with Crippen LogP contribution >= 0.6 is 24.0 Å². The number of amides is 1. The zero-order valence-corrected chi connectivity index (χ0v) is 20.0. The Morgan fingerprint density at radius 3 is 2.33 bits per heavy atom. The smallest absolute Gasteiger partial charge is 0.243 e. The second-order valence-corrected chi connectivity index (χ2v) is 8.15. The number of nitrogens with zero attached hydrogens (tertiary/aromatic N) is 3. The third-order valence-electron chi connectivity index (χ3n) is 5.83. The molecule has 2 aliphatic rings. The van der Waals surface area contributed by atoms with Gasteiger partial charge in [-0.2, -0.15) is 0 Å². The van der Waals surface area contributed by atoms with Gasteiger partial charge in [-0.3, -0.25) is 4.79 Å². The lowest BCUT2D eigenvalue weighted by atomic mass is 9.92. The van der Waals surface area contributed by atoms with Crippen LogP contribution in [0.4, 0.5) is 0 Å². The maximum Gasteiger partial charge on any atom is 0.243 e. The summed E-state index contributed by atoms with van der Waals surface area (Å²) in [5, 5.41) is 7.02. The maximum absolute atomic E-state index is 11.9. The Hall–Kier alpha value is -0.570. The SMILES string of the molecule is CCC(C)NC(=NCC(=O)N(C)C)NC1CCN(C2CCCCC2)CC1.I. The number of carbonyl (C=O) groups excluding carboxylic acids is 1. The van der Waals surface area contributed by atoms with Crippen molar-refractivity contribution in [3.8, 4) is 0 Å². The Kier molecular flexibility index (Phi) is 11.6. The molecular formula is C20H40IN5O. The minimum absolute atomic E-state index is 0. The molecule has 0 spiro atoms. The molecule has 1 aliphatic heterocycles.